The second-order valence-electron chi connectivity index (χ2n) is 3.79. The Morgan fingerprint density at radius 1 is 1.33 bits per heavy atom. The second kappa shape index (κ2) is 6.76. The molecule has 0 radical (unpaired) electrons. The second-order valence-corrected chi connectivity index (χ2v) is 3.79. The topological polar surface area (TPSA) is 67.4 Å². The fraction of sp³-hybridized carbons (Fsp3) is 0.385. The highest BCUT2D eigenvalue weighted by Gasteiger charge is 2.08. The van der Waals surface area contributed by atoms with Crippen LogP contribution in [0.4, 0.5) is 5.69 Å². The molecular weight excluding hydrogens is 232 g/mol. The zero-order chi connectivity index (χ0) is 13.5. The Morgan fingerprint density at radius 2 is 2.06 bits per heavy atom. The molecule has 0 saturated heterocycles. The van der Waals surface area contributed by atoms with Crippen LogP contribution >= 0.6 is 0 Å². The van der Waals surface area contributed by atoms with E-state index in [1.165, 1.54) is 0 Å². The van der Waals surface area contributed by atoms with Gasteiger partial charge in [0, 0.05) is 24.9 Å². The first-order valence-electron chi connectivity index (χ1n) is 5.78. The molecule has 0 aliphatic rings. The molecule has 5 nitrogen and oxygen atoms in total. The van der Waals surface area contributed by atoms with Crippen molar-refractivity contribution in [1.29, 1.82) is 0 Å². The van der Waals surface area contributed by atoms with Crippen LogP contribution in [-0.4, -0.2) is 32.1 Å². The van der Waals surface area contributed by atoms with E-state index in [9.17, 15) is 9.59 Å². The maximum absolute atomic E-state index is 11.5. The standard InChI is InChI=1S/C13H18N2O3/c1-4-18-8-12(16)15-11-6-5-10(7-9(11)2)13(17)14-3/h5-7H,4,8H2,1-3H3,(H,14,17)(H,15,16). The molecule has 0 aliphatic heterocycles. The molecule has 0 spiro atoms. The van der Waals surface area contributed by atoms with Crippen LogP contribution in [0.1, 0.15) is 22.8 Å². The van der Waals surface area contributed by atoms with Crippen molar-refractivity contribution < 1.29 is 14.3 Å². The quantitative estimate of drug-likeness (QED) is 0.828. The fourth-order valence-corrected chi connectivity index (χ4v) is 1.47. The van der Waals surface area contributed by atoms with Crippen LogP contribution in [0.5, 0.6) is 0 Å². The number of rotatable bonds is 5. The lowest BCUT2D eigenvalue weighted by molar-refractivity contribution is -0.120. The first kappa shape index (κ1) is 14.2. The summed E-state index contributed by atoms with van der Waals surface area (Å²) in [5.74, 6) is -0.349. The third kappa shape index (κ3) is 3.85. The third-order valence-electron chi connectivity index (χ3n) is 2.43. The van der Waals surface area contributed by atoms with Crippen LogP contribution in [0.2, 0.25) is 0 Å². The van der Waals surface area contributed by atoms with Gasteiger partial charge >= 0.3 is 0 Å². The van der Waals surface area contributed by atoms with Crippen LogP contribution in [0.15, 0.2) is 18.2 Å². The molecule has 5 heteroatoms. The molecule has 0 bridgehead atoms. The predicted octanol–water partition coefficient (Wildman–Crippen LogP) is 1.33. The van der Waals surface area contributed by atoms with Gasteiger partial charge in [-0.05, 0) is 37.6 Å². The summed E-state index contributed by atoms with van der Waals surface area (Å²) < 4.78 is 5.01. The van der Waals surface area contributed by atoms with Gasteiger partial charge in [0.1, 0.15) is 6.61 Å². The molecule has 1 rings (SSSR count). The van der Waals surface area contributed by atoms with Crippen molar-refractivity contribution in [3.63, 3.8) is 0 Å². The van der Waals surface area contributed by atoms with E-state index in [4.69, 9.17) is 4.74 Å². The molecule has 0 fully saturated rings. The summed E-state index contributed by atoms with van der Waals surface area (Å²) in [4.78, 5) is 22.9. The minimum absolute atomic E-state index is 0.0349. The van der Waals surface area contributed by atoms with Crippen LogP contribution in [0.3, 0.4) is 0 Å². The monoisotopic (exact) mass is 250 g/mol. The molecule has 98 valence electrons. The minimum atomic E-state index is -0.201. The van der Waals surface area contributed by atoms with E-state index in [1.807, 2.05) is 13.8 Å². The highest BCUT2D eigenvalue weighted by Crippen LogP contribution is 2.16. The lowest BCUT2D eigenvalue weighted by Gasteiger charge is -2.09. The average molecular weight is 250 g/mol. The van der Waals surface area contributed by atoms with Gasteiger partial charge in [0.05, 0.1) is 0 Å². The van der Waals surface area contributed by atoms with Crippen molar-refractivity contribution in [3.8, 4) is 0 Å². The molecule has 0 unspecified atom stereocenters. The summed E-state index contributed by atoms with van der Waals surface area (Å²) in [6.45, 7) is 4.20. The smallest absolute Gasteiger partial charge is 0.251 e. The predicted molar refractivity (Wildman–Crippen MR) is 69.7 cm³/mol. The van der Waals surface area contributed by atoms with Gasteiger partial charge in [-0.25, -0.2) is 0 Å². The lowest BCUT2D eigenvalue weighted by Crippen LogP contribution is -2.20. The van der Waals surface area contributed by atoms with Gasteiger partial charge in [-0.1, -0.05) is 0 Å². The number of anilines is 1. The molecule has 0 aliphatic carbocycles. The molecule has 2 N–H and O–H groups in total. The summed E-state index contributed by atoms with van der Waals surface area (Å²) in [5, 5.41) is 5.28. The fourth-order valence-electron chi connectivity index (χ4n) is 1.47. The zero-order valence-corrected chi connectivity index (χ0v) is 10.9. The molecule has 0 aromatic heterocycles. The van der Waals surface area contributed by atoms with Crippen molar-refractivity contribution in [1.82, 2.24) is 5.32 Å². The summed E-state index contributed by atoms with van der Waals surface area (Å²) in [6, 6.07) is 5.11. The van der Waals surface area contributed by atoms with E-state index in [1.54, 1.807) is 25.2 Å². The van der Waals surface area contributed by atoms with E-state index in [2.05, 4.69) is 10.6 Å². The normalized spacial score (nSPS) is 9.94. The number of carbonyl (C=O) groups excluding carboxylic acids is 2. The zero-order valence-electron chi connectivity index (χ0n) is 10.9. The van der Waals surface area contributed by atoms with Crippen molar-refractivity contribution in [2.75, 3.05) is 25.6 Å². The number of hydrogen-bond acceptors (Lipinski definition) is 3. The van der Waals surface area contributed by atoms with Crippen LogP contribution < -0.4 is 10.6 Å². The van der Waals surface area contributed by atoms with Crippen molar-refractivity contribution in [2.24, 2.45) is 0 Å². The van der Waals surface area contributed by atoms with Gasteiger partial charge < -0.3 is 15.4 Å². The van der Waals surface area contributed by atoms with E-state index < -0.39 is 0 Å². The number of nitrogens with one attached hydrogen (secondary N) is 2. The van der Waals surface area contributed by atoms with Gasteiger partial charge in [-0.2, -0.15) is 0 Å². The Kier molecular flexibility index (Phi) is 5.32. The maximum atomic E-state index is 11.5. The van der Waals surface area contributed by atoms with E-state index in [0.29, 0.717) is 17.9 Å². The molecule has 1 aromatic carbocycles. The first-order chi connectivity index (χ1) is 8.58. The third-order valence-corrected chi connectivity index (χ3v) is 2.43. The van der Waals surface area contributed by atoms with Gasteiger partial charge in [-0.15, -0.1) is 0 Å². The van der Waals surface area contributed by atoms with E-state index in [0.717, 1.165) is 5.56 Å². The average Bonchev–Trinajstić information content (AvgIpc) is 2.37. The number of amides is 2. The minimum Gasteiger partial charge on any atom is -0.372 e. The molecule has 0 atom stereocenters. The molecule has 1 aromatic rings. The summed E-state index contributed by atoms with van der Waals surface area (Å²) in [6.07, 6.45) is 0. The van der Waals surface area contributed by atoms with E-state index in [-0.39, 0.29) is 18.4 Å². The van der Waals surface area contributed by atoms with Gasteiger partial charge in [-0.3, -0.25) is 9.59 Å². The van der Waals surface area contributed by atoms with Crippen LogP contribution in [0.25, 0.3) is 0 Å². The molecule has 0 heterocycles. The molecule has 2 amide bonds. The van der Waals surface area contributed by atoms with Crippen molar-refractivity contribution >= 4 is 17.5 Å². The van der Waals surface area contributed by atoms with Gasteiger partial charge in [0.15, 0.2) is 0 Å². The van der Waals surface area contributed by atoms with Gasteiger partial charge in [0.25, 0.3) is 5.91 Å². The Morgan fingerprint density at radius 3 is 2.61 bits per heavy atom. The highest BCUT2D eigenvalue weighted by atomic mass is 16.5. The number of carbonyl (C=O) groups is 2. The molecular formula is C13H18N2O3. The SMILES string of the molecule is CCOCC(=O)Nc1ccc(C(=O)NC)cc1C. The summed E-state index contributed by atoms with van der Waals surface area (Å²) >= 11 is 0. The highest BCUT2D eigenvalue weighted by molar-refractivity contribution is 5.96. The molecule has 0 saturated carbocycles. The summed E-state index contributed by atoms with van der Waals surface area (Å²) in [5.41, 5.74) is 2.09. The van der Waals surface area contributed by atoms with Crippen molar-refractivity contribution in [2.45, 2.75) is 13.8 Å². The number of ether oxygens (including phenoxy) is 1. The Balaban J connectivity index is 2.74. The van der Waals surface area contributed by atoms with Crippen molar-refractivity contribution in [3.05, 3.63) is 29.3 Å². The number of hydrogen-bond donors (Lipinski definition) is 2. The van der Waals surface area contributed by atoms with E-state index >= 15 is 0 Å². The van der Waals surface area contributed by atoms with Crippen LogP contribution in [-0.2, 0) is 9.53 Å². The molecule has 18 heavy (non-hydrogen) atoms. The Bertz CT molecular complexity index is 444. The first-order valence-corrected chi connectivity index (χ1v) is 5.78. The number of benzene rings is 1. The van der Waals surface area contributed by atoms with Crippen LogP contribution in [0, 0.1) is 6.92 Å². The Hall–Kier alpha value is -1.88. The Labute approximate surface area is 107 Å². The summed E-state index contributed by atoms with van der Waals surface area (Å²) in [7, 11) is 1.58. The van der Waals surface area contributed by atoms with Gasteiger partial charge in [0.2, 0.25) is 5.91 Å². The number of aryl methyl sites for hydroxylation is 1. The largest absolute Gasteiger partial charge is 0.372 e. The maximum Gasteiger partial charge on any atom is 0.251 e. The lowest BCUT2D eigenvalue weighted by atomic mass is 10.1.